The van der Waals surface area contributed by atoms with E-state index in [1.165, 1.54) is 250 Å². The van der Waals surface area contributed by atoms with Crippen LogP contribution in [-0.4, -0.2) is 37.2 Å². The van der Waals surface area contributed by atoms with Crippen LogP contribution in [0.2, 0.25) is 0 Å². The number of hydrogen-bond acceptors (Lipinski definition) is 6. The molecule has 0 aromatic rings. The van der Waals surface area contributed by atoms with Gasteiger partial charge in [-0.15, -0.1) is 0 Å². The molecule has 0 aliphatic carbocycles. The molecule has 6 nitrogen and oxygen atoms in total. The van der Waals surface area contributed by atoms with Crippen molar-refractivity contribution in [2.75, 3.05) is 13.2 Å². The highest BCUT2D eigenvalue weighted by Gasteiger charge is 2.19. The van der Waals surface area contributed by atoms with Crippen molar-refractivity contribution in [2.45, 2.75) is 361 Å². The van der Waals surface area contributed by atoms with Gasteiger partial charge < -0.3 is 14.2 Å². The molecule has 0 saturated carbocycles. The number of carbonyl (C=O) groups is 3. The van der Waals surface area contributed by atoms with Crippen molar-refractivity contribution in [1.29, 1.82) is 0 Å². The van der Waals surface area contributed by atoms with Crippen molar-refractivity contribution in [3.8, 4) is 0 Å². The van der Waals surface area contributed by atoms with Crippen LogP contribution in [0.4, 0.5) is 0 Å². The summed E-state index contributed by atoms with van der Waals surface area (Å²) in [7, 11) is 0. The summed E-state index contributed by atoms with van der Waals surface area (Å²) in [5.74, 6) is -0.852. The van der Waals surface area contributed by atoms with Crippen molar-refractivity contribution < 1.29 is 28.6 Å². The molecule has 428 valence electrons. The highest BCUT2D eigenvalue weighted by atomic mass is 16.6. The fourth-order valence-corrected chi connectivity index (χ4v) is 9.71. The zero-order chi connectivity index (χ0) is 52.9. The number of ether oxygens (including phenoxy) is 3. The predicted octanol–water partition coefficient (Wildman–Crippen LogP) is 22.0. The quantitative estimate of drug-likeness (QED) is 0.0261. The Labute approximate surface area is 455 Å². The third kappa shape index (κ3) is 60.4. The number of allylic oxidation sites excluding steroid dienone is 6. The molecule has 0 spiro atoms. The van der Waals surface area contributed by atoms with Gasteiger partial charge in [0.25, 0.3) is 0 Å². The van der Waals surface area contributed by atoms with Crippen LogP contribution in [0.25, 0.3) is 0 Å². The van der Waals surface area contributed by atoms with Crippen LogP contribution in [0.3, 0.4) is 0 Å². The molecule has 0 amide bonds. The van der Waals surface area contributed by atoms with E-state index in [-0.39, 0.29) is 31.1 Å². The van der Waals surface area contributed by atoms with E-state index in [0.29, 0.717) is 19.3 Å². The van der Waals surface area contributed by atoms with Crippen molar-refractivity contribution >= 4 is 17.9 Å². The maximum absolute atomic E-state index is 12.9. The SMILES string of the molecule is CCCCCCC/C=C\C/C=C\CCCCCCCCCCCCCCCCCC(=O)OCC(COC(=O)CCCCCCCCCCCCC)OC(=O)CCCCCCCCC/C=C\CCCCCCCC. The Morgan fingerprint density at radius 2 is 0.493 bits per heavy atom. The molecule has 0 heterocycles. The molecule has 0 fully saturated rings. The average Bonchev–Trinajstić information content (AvgIpc) is 3.39. The summed E-state index contributed by atoms with van der Waals surface area (Å²) >= 11 is 0. The van der Waals surface area contributed by atoms with Gasteiger partial charge in [0.05, 0.1) is 0 Å². The normalized spacial score (nSPS) is 12.2. The first-order valence-corrected chi connectivity index (χ1v) is 32.5. The standard InChI is InChI=1S/C67H124O6/c1-4-7-10-13-16-19-22-24-26-28-29-30-31-32-33-34-35-36-37-39-40-42-45-48-51-54-57-60-66(69)72-63-64(62-71-65(68)59-56-53-50-47-44-21-18-15-12-9-6-3)73-67(70)61-58-55-52-49-46-43-41-38-27-25-23-20-17-14-11-8-5-2/h22,24-25,27-29,64H,4-21,23,26,30-63H2,1-3H3/b24-22-,27-25-,29-28-. The third-order valence-corrected chi connectivity index (χ3v) is 14.6. The average molecular weight is 1030 g/mol. The van der Waals surface area contributed by atoms with Crippen LogP contribution < -0.4 is 0 Å². The molecule has 0 saturated heterocycles. The van der Waals surface area contributed by atoms with Crippen molar-refractivity contribution in [2.24, 2.45) is 0 Å². The van der Waals surface area contributed by atoms with Gasteiger partial charge in [-0.25, -0.2) is 0 Å². The monoisotopic (exact) mass is 1020 g/mol. The van der Waals surface area contributed by atoms with Crippen LogP contribution in [0.5, 0.6) is 0 Å². The highest BCUT2D eigenvalue weighted by Crippen LogP contribution is 2.17. The number of unbranched alkanes of at least 4 members (excludes halogenated alkanes) is 43. The minimum atomic E-state index is -0.771. The Morgan fingerprint density at radius 1 is 0.274 bits per heavy atom. The number of carbonyl (C=O) groups excluding carboxylic acids is 3. The summed E-state index contributed by atoms with van der Waals surface area (Å²) in [6.45, 7) is 6.67. The molecule has 0 bridgehead atoms. The fourth-order valence-electron chi connectivity index (χ4n) is 9.71. The molecule has 0 rings (SSSR count). The van der Waals surface area contributed by atoms with Crippen LogP contribution in [-0.2, 0) is 28.6 Å². The van der Waals surface area contributed by atoms with E-state index < -0.39 is 6.10 Å². The molecule has 0 radical (unpaired) electrons. The number of esters is 3. The van der Waals surface area contributed by atoms with Gasteiger partial charge in [-0.3, -0.25) is 14.4 Å². The second kappa shape index (κ2) is 62.2. The first kappa shape index (κ1) is 70.6. The van der Waals surface area contributed by atoms with Crippen LogP contribution in [0.15, 0.2) is 36.5 Å². The van der Waals surface area contributed by atoms with Gasteiger partial charge in [0.2, 0.25) is 0 Å². The number of rotatable bonds is 60. The minimum Gasteiger partial charge on any atom is -0.462 e. The molecule has 0 aromatic carbocycles. The lowest BCUT2D eigenvalue weighted by atomic mass is 10.0. The second-order valence-electron chi connectivity index (χ2n) is 22.0. The zero-order valence-corrected chi connectivity index (χ0v) is 49.2. The summed E-state index contributed by atoms with van der Waals surface area (Å²) in [5.41, 5.74) is 0. The highest BCUT2D eigenvalue weighted by molar-refractivity contribution is 5.71. The summed E-state index contributed by atoms with van der Waals surface area (Å²) in [6.07, 6.45) is 75.9. The fraction of sp³-hybridized carbons (Fsp3) is 0.866. The van der Waals surface area contributed by atoms with E-state index in [2.05, 4.69) is 57.2 Å². The Bertz CT molecular complexity index is 1220. The van der Waals surface area contributed by atoms with E-state index in [1.807, 2.05) is 0 Å². The Kier molecular flexibility index (Phi) is 60.2. The third-order valence-electron chi connectivity index (χ3n) is 14.6. The molecule has 6 heteroatoms. The van der Waals surface area contributed by atoms with Crippen LogP contribution in [0.1, 0.15) is 355 Å². The van der Waals surface area contributed by atoms with Crippen molar-refractivity contribution in [1.82, 2.24) is 0 Å². The lowest BCUT2D eigenvalue weighted by molar-refractivity contribution is -0.167. The van der Waals surface area contributed by atoms with E-state index in [0.717, 1.165) is 64.2 Å². The van der Waals surface area contributed by atoms with Gasteiger partial charge in [0, 0.05) is 19.3 Å². The lowest BCUT2D eigenvalue weighted by Gasteiger charge is -2.18. The van der Waals surface area contributed by atoms with Gasteiger partial charge in [-0.2, -0.15) is 0 Å². The largest absolute Gasteiger partial charge is 0.462 e. The topological polar surface area (TPSA) is 78.9 Å². The Morgan fingerprint density at radius 3 is 0.767 bits per heavy atom. The molecule has 0 aliphatic rings. The molecule has 1 unspecified atom stereocenters. The van der Waals surface area contributed by atoms with Gasteiger partial charge in [-0.05, 0) is 77.0 Å². The zero-order valence-electron chi connectivity index (χ0n) is 49.2. The van der Waals surface area contributed by atoms with Crippen LogP contribution in [0, 0.1) is 0 Å². The smallest absolute Gasteiger partial charge is 0.306 e. The van der Waals surface area contributed by atoms with Crippen LogP contribution >= 0.6 is 0 Å². The molecular formula is C67H124O6. The minimum absolute atomic E-state index is 0.0690. The van der Waals surface area contributed by atoms with Gasteiger partial charge in [0.1, 0.15) is 13.2 Å². The van der Waals surface area contributed by atoms with E-state index in [1.54, 1.807) is 0 Å². The summed E-state index contributed by atoms with van der Waals surface area (Å²) < 4.78 is 16.9. The lowest BCUT2D eigenvalue weighted by Crippen LogP contribution is -2.30. The van der Waals surface area contributed by atoms with Crippen molar-refractivity contribution in [3.05, 3.63) is 36.5 Å². The molecule has 0 aromatic heterocycles. The Balaban J connectivity index is 4.18. The van der Waals surface area contributed by atoms with Gasteiger partial charge >= 0.3 is 17.9 Å². The molecule has 0 N–H and O–H groups in total. The number of hydrogen-bond donors (Lipinski definition) is 0. The van der Waals surface area contributed by atoms with Gasteiger partial charge in [0.15, 0.2) is 6.10 Å². The summed E-state index contributed by atoms with van der Waals surface area (Å²) in [4.78, 5) is 38.2. The second-order valence-corrected chi connectivity index (χ2v) is 22.0. The Hall–Kier alpha value is -2.37. The maximum atomic E-state index is 12.9. The first-order valence-electron chi connectivity index (χ1n) is 32.5. The molecular weight excluding hydrogens is 901 g/mol. The van der Waals surface area contributed by atoms with E-state index in [4.69, 9.17) is 14.2 Å². The van der Waals surface area contributed by atoms with Gasteiger partial charge in [-0.1, -0.05) is 295 Å². The van der Waals surface area contributed by atoms with Crippen molar-refractivity contribution in [3.63, 3.8) is 0 Å². The summed E-state index contributed by atoms with van der Waals surface area (Å²) in [6, 6.07) is 0. The molecule has 0 aliphatic heterocycles. The molecule has 1 atom stereocenters. The van der Waals surface area contributed by atoms with E-state index in [9.17, 15) is 14.4 Å². The maximum Gasteiger partial charge on any atom is 0.306 e. The predicted molar refractivity (Wildman–Crippen MR) is 316 cm³/mol. The first-order chi connectivity index (χ1) is 36.0. The van der Waals surface area contributed by atoms with E-state index >= 15 is 0 Å². The molecule has 73 heavy (non-hydrogen) atoms. The summed E-state index contributed by atoms with van der Waals surface area (Å²) in [5, 5.41) is 0.